The van der Waals surface area contributed by atoms with Gasteiger partial charge in [-0.25, -0.2) is 4.98 Å². The SMILES string of the molecule is O=C(/C=C/c1cccc([N+](=O)[O-])c1)Nc1ccc(Cl)nc1. The van der Waals surface area contributed by atoms with Crippen LogP contribution in [0.1, 0.15) is 5.56 Å². The highest BCUT2D eigenvalue weighted by Gasteiger charge is 2.04. The number of carbonyl (C=O) groups is 1. The minimum Gasteiger partial charge on any atom is -0.321 e. The maximum atomic E-state index is 11.7. The number of nitrogens with one attached hydrogen (secondary N) is 1. The van der Waals surface area contributed by atoms with Crippen LogP contribution >= 0.6 is 11.6 Å². The summed E-state index contributed by atoms with van der Waals surface area (Å²) in [4.78, 5) is 25.7. The Morgan fingerprint density at radius 3 is 2.81 bits per heavy atom. The predicted molar refractivity (Wildman–Crippen MR) is 80.0 cm³/mol. The average Bonchev–Trinajstić information content (AvgIpc) is 2.48. The maximum absolute atomic E-state index is 11.7. The molecule has 0 atom stereocenters. The van der Waals surface area contributed by atoms with E-state index in [1.165, 1.54) is 30.5 Å². The van der Waals surface area contributed by atoms with Gasteiger partial charge in [-0.15, -0.1) is 0 Å². The minimum absolute atomic E-state index is 0.0283. The monoisotopic (exact) mass is 303 g/mol. The van der Waals surface area contributed by atoms with Crippen molar-refractivity contribution in [1.82, 2.24) is 4.98 Å². The normalized spacial score (nSPS) is 10.5. The molecule has 1 aromatic carbocycles. The van der Waals surface area contributed by atoms with Crippen LogP contribution in [0.3, 0.4) is 0 Å². The minimum atomic E-state index is -0.489. The lowest BCUT2D eigenvalue weighted by Gasteiger charge is -2.01. The van der Waals surface area contributed by atoms with Crippen LogP contribution in [0.2, 0.25) is 5.15 Å². The van der Waals surface area contributed by atoms with Gasteiger partial charge in [-0.3, -0.25) is 14.9 Å². The van der Waals surface area contributed by atoms with Crippen molar-refractivity contribution in [3.63, 3.8) is 0 Å². The summed E-state index contributed by atoms with van der Waals surface area (Å²) in [6.45, 7) is 0. The molecule has 1 amide bonds. The molecule has 2 rings (SSSR count). The van der Waals surface area contributed by atoms with Gasteiger partial charge in [0.25, 0.3) is 5.69 Å². The van der Waals surface area contributed by atoms with Crippen LogP contribution in [0.15, 0.2) is 48.7 Å². The summed E-state index contributed by atoms with van der Waals surface area (Å²) in [5.74, 6) is -0.370. The molecule has 0 aliphatic rings. The molecular weight excluding hydrogens is 294 g/mol. The number of hydrogen-bond donors (Lipinski definition) is 1. The molecule has 0 unspecified atom stereocenters. The summed E-state index contributed by atoms with van der Waals surface area (Å²) in [6, 6.07) is 9.17. The van der Waals surface area contributed by atoms with E-state index >= 15 is 0 Å². The molecule has 0 aliphatic heterocycles. The van der Waals surface area contributed by atoms with E-state index in [2.05, 4.69) is 10.3 Å². The largest absolute Gasteiger partial charge is 0.321 e. The zero-order valence-corrected chi connectivity index (χ0v) is 11.4. The van der Waals surface area contributed by atoms with Crippen LogP contribution in [0.25, 0.3) is 6.08 Å². The third kappa shape index (κ3) is 4.39. The summed E-state index contributed by atoms with van der Waals surface area (Å²) < 4.78 is 0. The lowest BCUT2D eigenvalue weighted by Crippen LogP contribution is -2.07. The summed E-state index contributed by atoms with van der Waals surface area (Å²) in [5.41, 5.74) is 1.04. The molecule has 106 valence electrons. The Morgan fingerprint density at radius 2 is 2.14 bits per heavy atom. The highest BCUT2D eigenvalue weighted by molar-refractivity contribution is 6.29. The zero-order valence-electron chi connectivity index (χ0n) is 10.7. The van der Waals surface area contributed by atoms with Crippen molar-refractivity contribution in [3.05, 3.63) is 69.5 Å². The van der Waals surface area contributed by atoms with Crippen LogP contribution in [-0.4, -0.2) is 15.8 Å². The topological polar surface area (TPSA) is 85.1 Å². The first-order valence-corrected chi connectivity index (χ1v) is 6.27. The molecule has 6 nitrogen and oxygen atoms in total. The fraction of sp³-hybridized carbons (Fsp3) is 0. The Labute approximate surface area is 125 Å². The molecule has 1 N–H and O–H groups in total. The predicted octanol–water partition coefficient (Wildman–Crippen LogP) is 3.30. The summed E-state index contributed by atoms with van der Waals surface area (Å²) in [7, 11) is 0. The molecule has 21 heavy (non-hydrogen) atoms. The quantitative estimate of drug-likeness (QED) is 0.406. The summed E-state index contributed by atoms with van der Waals surface area (Å²) in [6.07, 6.45) is 4.21. The van der Waals surface area contributed by atoms with Gasteiger partial charge in [0.1, 0.15) is 5.15 Å². The van der Waals surface area contributed by atoms with Gasteiger partial charge in [-0.05, 0) is 23.8 Å². The van der Waals surface area contributed by atoms with Crippen molar-refractivity contribution in [1.29, 1.82) is 0 Å². The maximum Gasteiger partial charge on any atom is 0.270 e. The van der Waals surface area contributed by atoms with Crippen LogP contribution in [0.4, 0.5) is 11.4 Å². The second-order valence-corrected chi connectivity index (χ2v) is 4.43. The van der Waals surface area contributed by atoms with Crippen LogP contribution in [-0.2, 0) is 4.79 Å². The summed E-state index contributed by atoms with van der Waals surface area (Å²) >= 11 is 5.64. The number of non-ortho nitro benzene ring substituents is 1. The number of aromatic nitrogens is 1. The molecule has 1 aromatic heterocycles. The Balaban J connectivity index is 2.03. The zero-order chi connectivity index (χ0) is 15.2. The van der Waals surface area contributed by atoms with E-state index in [0.29, 0.717) is 16.4 Å². The number of halogens is 1. The smallest absolute Gasteiger partial charge is 0.270 e. The number of nitro benzene ring substituents is 1. The van der Waals surface area contributed by atoms with Crippen LogP contribution in [0, 0.1) is 10.1 Å². The van der Waals surface area contributed by atoms with E-state index in [0.717, 1.165) is 0 Å². The van der Waals surface area contributed by atoms with E-state index in [1.54, 1.807) is 24.3 Å². The van der Waals surface area contributed by atoms with Gasteiger partial charge in [0.2, 0.25) is 5.91 Å². The Bertz CT molecular complexity index is 699. The first kappa shape index (κ1) is 14.7. The average molecular weight is 304 g/mol. The number of nitro groups is 1. The number of rotatable bonds is 4. The molecule has 0 saturated heterocycles. The fourth-order valence-electron chi connectivity index (χ4n) is 1.55. The molecule has 2 aromatic rings. The number of anilines is 1. The highest BCUT2D eigenvalue weighted by atomic mass is 35.5. The second-order valence-electron chi connectivity index (χ2n) is 4.04. The number of amides is 1. The lowest BCUT2D eigenvalue weighted by atomic mass is 10.2. The number of hydrogen-bond acceptors (Lipinski definition) is 4. The van der Waals surface area contributed by atoms with E-state index in [1.807, 2.05) is 0 Å². The number of nitrogens with zero attached hydrogens (tertiary/aromatic N) is 2. The number of carbonyl (C=O) groups excluding carboxylic acids is 1. The lowest BCUT2D eigenvalue weighted by molar-refractivity contribution is -0.384. The van der Waals surface area contributed by atoms with Crippen LogP contribution < -0.4 is 5.32 Å². The summed E-state index contributed by atoms with van der Waals surface area (Å²) in [5, 5.41) is 13.6. The van der Waals surface area contributed by atoms with Crippen LogP contribution in [0.5, 0.6) is 0 Å². The van der Waals surface area contributed by atoms with Gasteiger partial charge in [0.05, 0.1) is 16.8 Å². The van der Waals surface area contributed by atoms with Gasteiger partial charge in [0, 0.05) is 18.2 Å². The number of benzene rings is 1. The van der Waals surface area contributed by atoms with Gasteiger partial charge in [-0.1, -0.05) is 23.7 Å². The first-order chi connectivity index (χ1) is 10.0. The molecular formula is C14H10ClN3O3. The third-order valence-corrected chi connectivity index (χ3v) is 2.73. The second kappa shape index (κ2) is 6.62. The Morgan fingerprint density at radius 1 is 1.33 bits per heavy atom. The van der Waals surface area contributed by atoms with E-state index < -0.39 is 4.92 Å². The molecule has 0 radical (unpaired) electrons. The molecule has 1 heterocycles. The van der Waals surface area contributed by atoms with Crippen molar-refractivity contribution in [3.8, 4) is 0 Å². The van der Waals surface area contributed by atoms with Gasteiger partial charge in [0.15, 0.2) is 0 Å². The molecule has 7 heteroatoms. The Hall–Kier alpha value is -2.73. The van der Waals surface area contributed by atoms with Gasteiger partial charge in [-0.2, -0.15) is 0 Å². The molecule has 0 spiro atoms. The molecule has 0 fully saturated rings. The van der Waals surface area contributed by atoms with Crippen molar-refractivity contribution in [2.75, 3.05) is 5.32 Å². The molecule has 0 aliphatic carbocycles. The van der Waals surface area contributed by atoms with Gasteiger partial charge >= 0.3 is 0 Å². The van der Waals surface area contributed by atoms with E-state index in [9.17, 15) is 14.9 Å². The highest BCUT2D eigenvalue weighted by Crippen LogP contribution is 2.14. The number of pyridine rings is 1. The van der Waals surface area contributed by atoms with Crippen molar-refractivity contribution < 1.29 is 9.72 Å². The molecule has 0 saturated carbocycles. The fourth-order valence-corrected chi connectivity index (χ4v) is 1.66. The molecule has 0 bridgehead atoms. The van der Waals surface area contributed by atoms with E-state index in [-0.39, 0.29) is 11.6 Å². The van der Waals surface area contributed by atoms with Crippen molar-refractivity contribution in [2.24, 2.45) is 0 Å². The van der Waals surface area contributed by atoms with E-state index in [4.69, 9.17) is 11.6 Å². The first-order valence-electron chi connectivity index (χ1n) is 5.90. The van der Waals surface area contributed by atoms with Crippen molar-refractivity contribution in [2.45, 2.75) is 0 Å². The third-order valence-electron chi connectivity index (χ3n) is 2.50. The Kier molecular flexibility index (Phi) is 4.63. The van der Waals surface area contributed by atoms with Crippen molar-refractivity contribution >= 4 is 35.0 Å². The van der Waals surface area contributed by atoms with Gasteiger partial charge < -0.3 is 5.32 Å². The standard InChI is InChI=1S/C14H10ClN3O3/c15-13-6-5-11(9-16-13)17-14(19)7-4-10-2-1-3-12(8-10)18(20)21/h1-9H,(H,17,19)/b7-4+.